The SMILES string of the molecule is CC(C)(C)/C=C/c1ccc(CC(C)(C)C)cn1. The minimum absolute atomic E-state index is 0.214. The highest BCUT2D eigenvalue weighted by Crippen LogP contribution is 2.20. The normalized spacial score (nSPS) is 13.3. The molecule has 1 aromatic heterocycles. The van der Waals surface area contributed by atoms with E-state index in [0.717, 1.165) is 12.1 Å². The van der Waals surface area contributed by atoms with Gasteiger partial charge in [0.25, 0.3) is 0 Å². The Bertz CT molecular complexity index is 371. The van der Waals surface area contributed by atoms with Gasteiger partial charge in [-0.25, -0.2) is 0 Å². The van der Waals surface area contributed by atoms with Crippen LogP contribution < -0.4 is 0 Å². The van der Waals surface area contributed by atoms with Crippen molar-refractivity contribution < 1.29 is 0 Å². The zero-order valence-electron chi connectivity index (χ0n) is 12.0. The van der Waals surface area contributed by atoms with E-state index >= 15 is 0 Å². The topological polar surface area (TPSA) is 12.9 Å². The molecule has 0 aliphatic rings. The molecule has 0 saturated heterocycles. The number of allylic oxidation sites excluding steroid dienone is 1. The molecule has 1 rings (SSSR count). The maximum Gasteiger partial charge on any atom is 0.0626 e. The monoisotopic (exact) mass is 231 g/mol. The summed E-state index contributed by atoms with van der Waals surface area (Å²) in [5, 5.41) is 0. The van der Waals surface area contributed by atoms with E-state index in [1.807, 2.05) is 6.20 Å². The Morgan fingerprint density at radius 3 is 2.12 bits per heavy atom. The van der Waals surface area contributed by atoms with Crippen LogP contribution in [0.5, 0.6) is 0 Å². The third kappa shape index (κ3) is 6.25. The molecular formula is C16H25N. The van der Waals surface area contributed by atoms with E-state index in [2.05, 4.69) is 70.8 Å². The van der Waals surface area contributed by atoms with Crippen molar-refractivity contribution in [2.24, 2.45) is 10.8 Å². The molecule has 0 saturated carbocycles. The molecule has 1 heteroatoms. The highest BCUT2D eigenvalue weighted by molar-refractivity contribution is 5.45. The van der Waals surface area contributed by atoms with Gasteiger partial charge in [-0.05, 0) is 35.0 Å². The third-order valence-corrected chi connectivity index (χ3v) is 2.34. The first-order valence-corrected chi connectivity index (χ1v) is 6.30. The minimum Gasteiger partial charge on any atom is -0.257 e. The van der Waals surface area contributed by atoms with Gasteiger partial charge in [-0.2, -0.15) is 0 Å². The lowest BCUT2D eigenvalue weighted by molar-refractivity contribution is 0.410. The standard InChI is InChI=1S/C16H25N/c1-15(2,3)10-9-14-8-7-13(12-17-14)11-16(4,5)6/h7-10,12H,11H2,1-6H3/b10-9+. The van der Waals surface area contributed by atoms with Gasteiger partial charge in [0.2, 0.25) is 0 Å². The lowest BCUT2D eigenvalue weighted by Gasteiger charge is -2.17. The smallest absolute Gasteiger partial charge is 0.0626 e. The summed E-state index contributed by atoms with van der Waals surface area (Å²) in [6, 6.07) is 4.28. The molecule has 17 heavy (non-hydrogen) atoms. The first-order chi connectivity index (χ1) is 7.66. The van der Waals surface area contributed by atoms with Crippen LogP contribution in [0.2, 0.25) is 0 Å². The molecule has 0 N–H and O–H groups in total. The average molecular weight is 231 g/mol. The molecule has 0 aliphatic heterocycles. The second-order valence-electron chi connectivity index (χ2n) is 7.03. The Labute approximate surface area is 106 Å². The Kier molecular flexibility index (Phi) is 4.13. The van der Waals surface area contributed by atoms with E-state index in [1.54, 1.807) is 0 Å². The molecule has 0 radical (unpaired) electrons. The average Bonchev–Trinajstić information content (AvgIpc) is 2.13. The van der Waals surface area contributed by atoms with Gasteiger partial charge >= 0.3 is 0 Å². The fraction of sp³-hybridized carbons (Fsp3) is 0.562. The third-order valence-electron chi connectivity index (χ3n) is 2.34. The van der Waals surface area contributed by atoms with Crippen LogP contribution in [0.25, 0.3) is 6.08 Å². The van der Waals surface area contributed by atoms with Gasteiger partial charge in [0.05, 0.1) is 5.69 Å². The van der Waals surface area contributed by atoms with E-state index in [1.165, 1.54) is 5.56 Å². The minimum atomic E-state index is 0.214. The molecule has 1 heterocycles. The van der Waals surface area contributed by atoms with Crippen molar-refractivity contribution in [3.05, 3.63) is 35.7 Å². The van der Waals surface area contributed by atoms with E-state index in [-0.39, 0.29) is 5.41 Å². The Hall–Kier alpha value is -1.11. The lowest BCUT2D eigenvalue weighted by atomic mass is 9.89. The Balaban J connectivity index is 2.72. The molecule has 0 aromatic carbocycles. The van der Waals surface area contributed by atoms with Crippen LogP contribution in [0.3, 0.4) is 0 Å². The first kappa shape index (κ1) is 14.0. The molecule has 1 nitrogen and oxygen atoms in total. The van der Waals surface area contributed by atoms with Crippen molar-refractivity contribution >= 4 is 6.08 Å². The summed E-state index contributed by atoms with van der Waals surface area (Å²) in [6.07, 6.45) is 7.36. The Morgan fingerprint density at radius 1 is 1.06 bits per heavy atom. The van der Waals surface area contributed by atoms with Gasteiger partial charge in [-0.15, -0.1) is 0 Å². The fourth-order valence-electron chi connectivity index (χ4n) is 1.59. The van der Waals surface area contributed by atoms with E-state index in [4.69, 9.17) is 0 Å². The predicted octanol–water partition coefficient (Wildman–Crippen LogP) is 4.73. The van der Waals surface area contributed by atoms with Gasteiger partial charge in [0.1, 0.15) is 0 Å². The van der Waals surface area contributed by atoms with Crippen LogP contribution in [-0.2, 0) is 6.42 Å². The maximum atomic E-state index is 4.48. The summed E-state index contributed by atoms with van der Waals surface area (Å²) in [7, 11) is 0. The molecule has 1 aromatic rings. The highest BCUT2D eigenvalue weighted by atomic mass is 14.7. The highest BCUT2D eigenvalue weighted by Gasteiger charge is 2.11. The maximum absolute atomic E-state index is 4.48. The van der Waals surface area contributed by atoms with E-state index in [9.17, 15) is 0 Å². The number of hydrogen-bond acceptors (Lipinski definition) is 1. The van der Waals surface area contributed by atoms with Gasteiger partial charge in [-0.1, -0.05) is 53.7 Å². The number of rotatable bonds is 2. The summed E-state index contributed by atoms with van der Waals surface area (Å²) in [6.45, 7) is 13.3. The molecule has 0 unspecified atom stereocenters. The van der Waals surface area contributed by atoms with Crippen molar-refractivity contribution in [2.45, 2.75) is 48.0 Å². The second-order valence-corrected chi connectivity index (χ2v) is 7.03. The van der Waals surface area contributed by atoms with Crippen molar-refractivity contribution in [1.29, 1.82) is 0 Å². The number of pyridine rings is 1. The largest absolute Gasteiger partial charge is 0.257 e. The fourth-order valence-corrected chi connectivity index (χ4v) is 1.59. The van der Waals surface area contributed by atoms with Crippen LogP contribution in [0, 0.1) is 10.8 Å². The molecule has 0 aliphatic carbocycles. The van der Waals surface area contributed by atoms with Crippen molar-refractivity contribution in [3.8, 4) is 0 Å². The van der Waals surface area contributed by atoms with Crippen molar-refractivity contribution in [2.75, 3.05) is 0 Å². The molecule has 0 fully saturated rings. The van der Waals surface area contributed by atoms with Crippen LogP contribution in [-0.4, -0.2) is 4.98 Å². The summed E-state index contributed by atoms with van der Waals surface area (Å²) in [5.41, 5.74) is 2.89. The number of nitrogens with zero attached hydrogens (tertiary/aromatic N) is 1. The van der Waals surface area contributed by atoms with Crippen molar-refractivity contribution in [3.63, 3.8) is 0 Å². The van der Waals surface area contributed by atoms with Crippen LogP contribution >= 0.6 is 0 Å². The van der Waals surface area contributed by atoms with Crippen LogP contribution in [0.15, 0.2) is 24.4 Å². The molecule has 0 bridgehead atoms. The van der Waals surface area contributed by atoms with Crippen molar-refractivity contribution in [1.82, 2.24) is 4.98 Å². The van der Waals surface area contributed by atoms with Crippen LogP contribution in [0.4, 0.5) is 0 Å². The van der Waals surface area contributed by atoms with Crippen LogP contribution in [0.1, 0.15) is 52.8 Å². The van der Waals surface area contributed by atoms with E-state index < -0.39 is 0 Å². The summed E-state index contributed by atoms with van der Waals surface area (Å²) in [5.74, 6) is 0. The van der Waals surface area contributed by atoms with Gasteiger partial charge in [0, 0.05) is 6.20 Å². The van der Waals surface area contributed by atoms with Gasteiger partial charge in [-0.3, -0.25) is 4.98 Å². The molecule has 0 atom stereocenters. The van der Waals surface area contributed by atoms with Gasteiger partial charge in [0.15, 0.2) is 0 Å². The summed E-state index contributed by atoms with van der Waals surface area (Å²) in [4.78, 5) is 4.48. The number of aromatic nitrogens is 1. The van der Waals surface area contributed by atoms with Gasteiger partial charge < -0.3 is 0 Å². The summed E-state index contributed by atoms with van der Waals surface area (Å²) >= 11 is 0. The molecule has 0 amide bonds. The molecule has 0 spiro atoms. The molecule has 94 valence electrons. The zero-order valence-corrected chi connectivity index (χ0v) is 12.0. The molecular weight excluding hydrogens is 206 g/mol. The lowest BCUT2D eigenvalue weighted by Crippen LogP contribution is -2.09. The number of hydrogen-bond donors (Lipinski definition) is 0. The quantitative estimate of drug-likeness (QED) is 0.717. The predicted molar refractivity (Wildman–Crippen MR) is 75.9 cm³/mol. The zero-order chi connectivity index (χ0) is 13.1. The summed E-state index contributed by atoms with van der Waals surface area (Å²) < 4.78 is 0. The second kappa shape index (κ2) is 5.03. The first-order valence-electron chi connectivity index (χ1n) is 6.30. The van der Waals surface area contributed by atoms with E-state index in [0.29, 0.717) is 5.41 Å². The Morgan fingerprint density at radius 2 is 1.71 bits per heavy atom.